The summed E-state index contributed by atoms with van der Waals surface area (Å²) in [5.41, 5.74) is 8.87. The predicted molar refractivity (Wildman–Crippen MR) is 79.7 cm³/mol. The number of nitrogens with zero attached hydrogens (tertiary/aromatic N) is 4. The van der Waals surface area contributed by atoms with Gasteiger partial charge in [-0.3, -0.25) is 0 Å². The number of benzene rings is 1. The standard InChI is InChI=1S/C13H13ClN6/c1-20(5-8-4-9(15)2-3-10(8)14)13-11-12(17-6-16-11)18-7-19-13/h2-4,6-7H,5,15H2,1H3,(H,16,17,18,19). The normalized spacial score (nSPS) is 10.9. The van der Waals surface area contributed by atoms with Gasteiger partial charge < -0.3 is 15.6 Å². The maximum Gasteiger partial charge on any atom is 0.182 e. The van der Waals surface area contributed by atoms with Crippen molar-refractivity contribution in [2.45, 2.75) is 6.54 Å². The molecule has 2 aromatic heterocycles. The third-order valence-electron chi connectivity index (χ3n) is 3.04. The molecule has 3 aromatic rings. The molecule has 3 N–H and O–H groups in total. The van der Waals surface area contributed by atoms with Gasteiger partial charge in [-0.1, -0.05) is 11.6 Å². The Balaban J connectivity index is 1.95. The molecule has 0 bridgehead atoms. The van der Waals surface area contributed by atoms with Crippen LogP contribution in [0.4, 0.5) is 11.5 Å². The van der Waals surface area contributed by atoms with Gasteiger partial charge in [0, 0.05) is 24.3 Å². The van der Waals surface area contributed by atoms with E-state index in [1.54, 1.807) is 18.5 Å². The number of aromatic nitrogens is 4. The third kappa shape index (κ3) is 2.25. The van der Waals surface area contributed by atoms with E-state index in [-0.39, 0.29) is 0 Å². The molecule has 0 aliphatic carbocycles. The van der Waals surface area contributed by atoms with Gasteiger partial charge in [0.2, 0.25) is 0 Å². The second-order valence-electron chi connectivity index (χ2n) is 4.51. The summed E-state index contributed by atoms with van der Waals surface area (Å²) in [7, 11) is 1.93. The quantitative estimate of drug-likeness (QED) is 0.722. The minimum atomic E-state index is 0.592. The molecule has 0 radical (unpaired) electrons. The summed E-state index contributed by atoms with van der Waals surface area (Å²) in [6, 6.07) is 5.44. The predicted octanol–water partition coefficient (Wildman–Crippen LogP) is 2.22. The molecule has 0 fully saturated rings. The zero-order valence-electron chi connectivity index (χ0n) is 10.8. The molecule has 0 aliphatic rings. The highest BCUT2D eigenvalue weighted by atomic mass is 35.5. The van der Waals surface area contributed by atoms with Crippen LogP contribution in [0.3, 0.4) is 0 Å². The molecular weight excluding hydrogens is 276 g/mol. The smallest absolute Gasteiger partial charge is 0.182 e. The number of H-pyrrole nitrogens is 1. The van der Waals surface area contributed by atoms with Crippen molar-refractivity contribution in [2.75, 3.05) is 17.7 Å². The number of imidazole rings is 1. The molecule has 0 amide bonds. The maximum atomic E-state index is 6.19. The zero-order chi connectivity index (χ0) is 14.1. The van der Waals surface area contributed by atoms with Crippen LogP contribution in [-0.2, 0) is 6.54 Å². The van der Waals surface area contributed by atoms with E-state index in [1.165, 1.54) is 6.33 Å². The van der Waals surface area contributed by atoms with Crippen molar-refractivity contribution in [3.8, 4) is 0 Å². The summed E-state index contributed by atoms with van der Waals surface area (Å²) in [5.74, 6) is 0.769. The van der Waals surface area contributed by atoms with Gasteiger partial charge in [-0.25, -0.2) is 15.0 Å². The van der Waals surface area contributed by atoms with Crippen molar-refractivity contribution in [2.24, 2.45) is 0 Å². The lowest BCUT2D eigenvalue weighted by atomic mass is 10.2. The number of aromatic amines is 1. The van der Waals surface area contributed by atoms with Crippen LogP contribution in [0.25, 0.3) is 11.2 Å². The summed E-state index contributed by atoms with van der Waals surface area (Å²) in [6.07, 6.45) is 3.10. The van der Waals surface area contributed by atoms with Crippen LogP contribution in [-0.4, -0.2) is 27.0 Å². The molecule has 102 valence electrons. The Bertz CT molecular complexity index is 753. The highest BCUT2D eigenvalue weighted by Gasteiger charge is 2.12. The number of rotatable bonds is 3. The van der Waals surface area contributed by atoms with Gasteiger partial charge in [0.25, 0.3) is 0 Å². The number of nitrogens with one attached hydrogen (secondary N) is 1. The van der Waals surface area contributed by atoms with Gasteiger partial charge in [-0.15, -0.1) is 0 Å². The molecule has 0 saturated carbocycles. The van der Waals surface area contributed by atoms with Crippen molar-refractivity contribution < 1.29 is 0 Å². The van der Waals surface area contributed by atoms with Crippen LogP contribution < -0.4 is 10.6 Å². The molecule has 2 heterocycles. The zero-order valence-corrected chi connectivity index (χ0v) is 11.6. The Morgan fingerprint density at radius 2 is 2.15 bits per heavy atom. The van der Waals surface area contributed by atoms with E-state index < -0.39 is 0 Å². The molecule has 7 heteroatoms. The average molecular weight is 289 g/mol. The maximum absolute atomic E-state index is 6.19. The number of hydrogen-bond acceptors (Lipinski definition) is 5. The molecule has 0 saturated heterocycles. The van der Waals surface area contributed by atoms with Gasteiger partial charge in [-0.2, -0.15) is 0 Å². The van der Waals surface area contributed by atoms with Crippen molar-refractivity contribution in [3.63, 3.8) is 0 Å². The van der Waals surface area contributed by atoms with Crippen LogP contribution in [0.15, 0.2) is 30.9 Å². The second-order valence-corrected chi connectivity index (χ2v) is 4.91. The van der Waals surface area contributed by atoms with E-state index in [4.69, 9.17) is 17.3 Å². The van der Waals surface area contributed by atoms with Crippen molar-refractivity contribution in [1.29, 1.82) is 0 Å². The second kappa shape index (κ2) is 4.97. The topological polar surface area (TPSA) is 83.7 Å². The fourth-order valence-corrected chi connectivity index (χ4v) is 2.27. The monoisotopic (exact) mass is 288 g/mol. The number of hydrogen-bond donors (Lipinski definition) is 2. The first-order valence-electron chi connectivity index (χ1n) is 6.04. The van der Waals surface area contributed by atoms with E-state index >= 15 is 0 Å². The number of nitrogens with two attached hydrogens (primary N) is 1. The number of halogens is 1. The fraction of sp³-hybridized carbons (Fsp3) is 0.154. The fourth-order valence-electron chi connectivity index (χ4n) is 2.09. The lowest BCUT2D eigenvalue weighted by molar-refractivity contribution is 0.898. The molecular formula is C13H13ClN6. The number of anilines is 2. The Morgan fingerprint density at radius 1 is 1.30 bits per heavy atom. The van der Waals surface area contributed by atoms with Crippen LogP contribution in [0.5, 0.6) is 0 Å². The first kappa shape index (κ1) is 12.7. The molecule has 1 aromatic carbocycles. The van der Waals surface area contributed by atoms with Gasteiger partial charge in [0.15, 0.2) is 11.5 Å². The van der Waals surface area contributed by atoms with Crippen LogP contribution in [0.2, 0.25) is 5.02 Å². The Hall–Kier alpha value is -2.34. The van der Waals surface area contributed by atoms with Gasteiger partial charge in [0.05, 0.1) is 6.33 Å². The summed E-state index contributed by atoms with van der Waals surface area (Å²) < 4.78 is 0. The third-order valence-corrected chi connectivity index (χ3v) is 3.41. The van der Waals surface area contributed by atoms with Gasteiger partial charge in [0.1, 0.15) is 11.8 Å². The SMILES string of the molecule is CN(Cc1cc(N)ccc1Cl)c1ncnc2nc[nH]c12. The molecule has 3 rings (SSSR count). The lowest BCUT2D eigenvalue weighted by Gasteiger charge is -2.19. The molecule has 6 nitrogen and oxygen atoms in total. The molecule has 0 unspecified atom stereocenters. The first-order chi connectivity index (χ1) is 9.65. The first-order valence-corrected chi connectivity index (χ1v) is 6.42. The lowest BCUT2D eigenvalue weighted by Crippen LogP contribution is -2.18. The molecule has 0 aliphatic heterocycles. The van der Waals surface area contributed by atoms with Crippen molar-refractivity contribution >= 4 is 34.3 Å². The van der Waals surface area contributed by atoms with Gasteiger partial charge >= 0.3 is 0 Å². The molecule has 0 atom stereocenters. The highest BCUT2D eigenvalue weighted by Crippen LogP contribution is 2.24. The summed E-state index contributed by atoms with van der Waals surface area (Å²) in [4.78, 5) is 17.5. The van der Waals surface area contributed by atoms with E-state index in [0.717, 1.165) is 16.9 Å². The van der Waals surface area contributed by atoms with Gasteiger partial charge in [-0.05, 0) is 23.8 Å². The highest BCUT2D eigenvalue weighted by molar-refractivity contribution is 6.31. The summed E-state index contributed by atoms with van der Waals surface area (Å²) in [5, 5.41) is 0.681. The molecule has 20 heavy (non-hydrogen) atoms. The van der Waals surface area contributed by atoms with Crippen LogP contribution in [0, 0.1) is 0 Å². The molecule has 0 spiro atoms. The van der Waals surface area contributed by atoms with Crippen LogP contribution in [0.1, 0.15) is 5.56 Å². The van der Waals surface area contributed by atoms with E-state index in [1.807, 2.05) is 18.0 Å². The minimum Gasteiger partial charge on any atom is -0.399 e. The minimum absolute atomic E-state index is 0.592. The Kier molecular flexibility index (Phi) is 3.15. The van der Waals surface area contributed by atoms with Crippen molar-refractivity contribution in [1.82, 2.24) is 19.9 Å². The Morgan fingerprint density at radius 3 is 3.00 bits per heavy atom. The summed E-state index contributed by atoms with van der Waals surface area (Å²) in [6.45, 7) is 0.592. The summed E-state index contributed by atoms with van der Waals surface area (Å²) >= 11 is 6.19. The van der Waals surface area contributed by atoms with E-state index in [0.29, 0.717) is 22.9 Å². The largest absolute Gasteiger partial charge is 0.399 e. The number of fused-ring (bicyclic) bond motifs is 1. The van der Waals surface area contributed by atoms with E-state index in [2.05, 4.69) is 19.9 Å². The van der Waals surface area contributed by atoms with Crippen molar-refractivity contribution in [3.05, 3.63) is 41.4 Å². The number of nitrogen functional groups attached to an aromatic ring is 1. The average Bonchev–Trinajstić information content (AvgIpc) is 2.91. The Labute approximate surface area is 120 Å². The van der Waals surface area contributed by atoms with Crippen LogP contribution >= 0.6 is 11.6 Å². The van der Waals surface area contributed by atoms with E-state index in [9.17, 15) is 0 Å².